The molecule has 1 aromatic carbocycles. The predicted molar refractivity (Wildman–Crippen MR) is 73.0 cm³/mol. The van der Waals surface area contributed by atoms with Crippen LogP contribution in [-0.2, 0) is 23.3 Å². The van der Waals surface area contributed by atoms with E-state index in [2.05, 4.69) is 0 Å². The number of halogens is 1. The van der Waals surface area contributed by atoms with Gasteiger partial charge < -0.3 is 14.2 Å². The van der Waals surface area contributed by atoms with Gasteiger partial charge in [-0.2, -0.15) is 0 Å². The molecule has 0 spiro atoms. The summed E-state index contributed by atoms with van der Waals surface area (Å²) < 4.78 is 38.7. The van der Waals surface area contributed by atoms with Gasteiger partial charge >= 0.3 is 5.97 Å². The lowest BCUT2D eigenvalue weighted by atomic mass is 10.0. The second-order valence-electron chi connectivity index (χ2n) is 4.92. The van der Waals surface area contributed by atoms with E-state index in [-0.39, 0.29) is 17.6 Å². The Bertz CT molecular complexity index is 665. The fraction of sp³-hybridized carbons (Fsp3) is 0.462. The zero-order valence-corrected chi connectivity index (χ0v) is 12.5. The molecule has 0 N–H and O–H groups in total. The van der Waals surface area contributed by atoms with Gasteiger partial charge in [0.25, 0.3) is 9.05 Å². The van der Waals surface area contributed by atoms with E-state index >= 15 is 0 Å². The van der Waals surface area contributed by atoms with Gasteiger partial charge in [-0.05, 0) is 18.2 Å². The lowest BCUT2D eigenvalue weighted by molar-refractivity contribution is -0.151. The van der Waals surface area contributed by atoms with Crippen molar-refractivity contribution in [1.82, 2.24) is 0 Å². The summed E-state index contributed by atoms with van der Waals surface area (Å²) in [6.45, 7) is 1.10. The van der Waals surface area contributed by atoms with Crippen LogP contribution in [0.3, 0.4) is 0 Å². The molecule has 2 heterocycles. The summed E-state index contributed by atoms with van der Waals surface area (Å²) >= 11 is 0. The quantitative estimate of drug-likeness (QED) is 0.615. The molecule has 1 fully saturated rings. The monoisotopic (exact) mass is 332 g/mol. The predicted octanol–water partition coefficient (Wildman–Crippen LogP) is 1.42. The number of esters is 1. The first-order chi connectivity index (χ1) is 9.95. The highest BCUT2D eigenvalue weighted by atomic mass is 35.7. The van der Waals surface area contributed by atoms with Gasteiger partial charge in [0.05, 0.1) is 18.1 Å². The maximum absolute atomic E-state index is 12.2. The lowest BCUT2D eigenvalue weighted by Gasteiger charge is -2.13. The van der Waals surface area contributed by atoms with Crippen molar-refractivity contribution in [2.75, 3.05) is 19.8 Å². The molecule has 114 valence electrons. The maximum atomic E-state index is 12.2. The van der Waals surface area contributed by atoms with Crippen molar-refractivity contribution in [2.24, 2.45) is 0 Å². The Hall–Kier alpha value is -1.31. The minimum absolute atomic E-state index is 0.0598. The van der Waals surface area contributed by atoms with Crippen molar-refractivity contribution in [1.29, 1.82) is 0 Å². The van der Waals surface area contributed by atoms with Crippen molar-refractivity contribution >= 4 is 25.7 Å². The second kappa shape index (κ2) is 5.47. The summed E-state index contributed by atoms with van der Waals surface area (Å²) in [6, 6.07) is 4.21. The van der Waals surface area contributed by atoms with E-state index in [1.807, 2.05) is 0 Å². The molecule has 0 amide bonds. The van der Waals surface area contributed by atoms with Gasteiger partial charge in [-0.25, -0.2) is 8.42 Å². The highest BCUT2D eigenvalue weighted by molar-refractivity contribution is 8.13. The highest BCUT2D eigenvalue weighted by Crippen LogP contribution is 2.37. The highest BCUT2D eigenvalue weighted by Gasteiger charge is 2.34. The average molecular weight is 333 g/mol. The summed E-state index contributed by atoms with van der Waals surface area (Å²) in [6.07, 6.45) is 0.420. The molecule has 3 rings (SSSR count). The third-order valence-electron chi connectivity index (χ3n) is 3.50. The van der Waals surface area contributed by atoms with E-state index in [0.717, 1.165) is 0 Å². The summed E-state index contributed by atoms with van der Waals surface area (Å²) in [5, 5.41) is 0. The molecule has 2 atom stereocenters. The second-order valence-corrected chi connectivity index (χ2v) is 7.49. The van der Waals surface area contributed by atoms with Crippen molar-refractivity contribution in [3.05, 3.63) is 23.8 Å². The Balaban J connectivity index is 1.83. The van der Waals surface area contributed by atoms with Crippen LogP contribution in [0.1, 0.15) is 17.9 Å². The van der Waals surface area contributed by atoms with Crippen molar-refractivity contribution in [2.45, 2.75) is 23.3 Å². The molecule has 0 bridgehead atoms. The standard InChI is InChI=1S/C13H13ClO6S/c14-21(16,17)9-1-2-12-10(5-9)11(7-19-12)13(15)20-8-3-4-18-6-8/h1-2,5,8,11H,3-4,6-7H2. The van der Waals surface area contributed by atoms with Crippen LogP contribution in [-0.4, -0.2) is 40.3 Å². The van der Waals surface area contributed by atoms with Gasteiger partial charge in [-0.3, -0.25) is 4.79 Å². The number of carbonyl (C=O) groups is 1. The fourth-order valence-corrected chi connectivity index (χ4v) is 3.18. The van der Waals surface area contributed by atoms with Gasteiger partial charge in [0.15, 0.2) is 0 Å². The van der Waals surface area contributed by atoms with Gasteiger partial charge in [0.1, 0.15) is 24.4 Å². The van der Waals surface area contributed by atoms with Gasteiger partial charge in [-0.15, -0.1) is 0 Å². The Kier molecular flexibility index (Phi) is 3.81. The summed E-state index contributed by atoms with van der Waals surface area (Å²) in [5.74, 6) is -0.601. The van der Waals surface area contributed by atoms with Crippen LogP contribution in [0.4, 0.5) is 0 Å². The molecule has 6 nitrogen and oxygen atoms in total. The van der Waals surface area contributed by atoms with Crippen LogP contribution in [0.15, 0.2) is 23.1 Å². The normalized spacial score (nSPS) is 24.4. The molecule has 8 heteroatoms. The molecule has 2 aliphatic rings. The molecule has 2 unspecified atom stereocenters. The average Bonchev–Trinajstić information content (AvgIpc) is 3.05. The summed E-state index contributed by atoms with van der Waals surface area (Å²) in [5.41, 5.74) is 0.487. The SMILES string of the molecule is O=C(OC1CCOC1)C1COc2ccc(S(=O)(=O)Cl)cc21. The minimum atomic E-state index is -3.85. The zero-order valence-electron chi connectivity index (χ0n) is 11.0. The molecular weight excluding hydrogens is 320 g/mol. The molecule has 1 aromatic rings. The van der Waals surface area contributed by atoms with E-state index < -0.39 is 20.9 Å². The first-order valence-electron chi connectivity index (χ1n) is 6.45. The zero-order chi connectivity index (χ0) is 15.0. The van der Waals surface area contributed by atoms with Crippen LogP contribution in [0, 0.1) is 0 Å². The Morgan fingerprint density at radius 2 is 2.14 bits per heavy atom. The molecule has 0 saturated carbocycles. The van der Waals surface area contributed by atoms with Crippen LogP contribution in [0.5, 0.6) is 5.75 Å². The van der Waals surface area contributed by atoms with Crippen molar-refractivity contribution in [3.8, 4) is 5.75 Å². The Morgan fingerprint density at radius 3 is 2.81 bits per heavy atom. The number of rotatable bonds is 3. The third-order valence-corrected chi connectivity index (χ3v) is 4.85. The lowest BCUT2D eigenvalue weighted by Crippen LogP contribution is -2.24. The van der Waals surface area contributed by atoms with Crippen molar-refractivity contribution in [3.63, 3.8) is 0 Å². The van der Waals surface area contributed by atoms with E-state index in [0.29, 0.717) is 30.9 Å². The molecular formula is C13H13ClO6S. The molecule has 21 heavy (non-hydrogen) atoms. The molecule has 0 aromatic heterocycles. The first kappa shape index (κ1) is 14.6. The van der Waals surface area contributed by atoms with Gasteiger partial charge in [0, 0.05) is 22.7 Å². The van der Waals surface area contributed by atoms with Gasteiger partial charge in [0.2, 0.25) is 0 Å². The fourth-order valence-electron chi connectivity index (χ4n) is 2.39. The van der Waals surface area contributed by atoms with E-state index in [1.54, 1.807) is 0 Å². The Morgan fingerprint density at radius 1 is 1.33 bits per heavy atom. The molecule has 2 aliphatic heterocycles. The van der Waals surface area contributed by atoms with Crippen LogP contribution in [0.25, 0.3) is 0 Å². The topological polar surface area (TPSA) is 78.9 Å². The molecule has 0 aliphatic carbocycles. The number of carbonyl (C=O) groups excluding carboxylic acids is 1. The summed E-state index contributed by atoms with van der Waals surface area (Å²) in [4.78, 5) is 12.1. The largest absolute Gasteiger partial charge is 0.492 e. The number of hydrogen-bond donors (Lipinski definition) is 0. The number of benzene rings is 1. The van der Waals surface area contributed by atoms with Crippen LogP contribution < -0.4 is 4.74 Å². The summed E-state index contributed by atoms with van der Waals surface area (Å²) in [7, 11) is 1.47. The molecule has 1 saturated heterocycles. The number of fused-ring (bicyclic) bond motifs is 1. The maximum Gasteiger partial charge on any atom is 0.317 e. The van der Waals surface area contributed by atoms with E-state index in [4.69, 9.17) is 24.9 Å². The molecule has 0 radical (unpaired) electrons. The van der Waals surface area contributed by atoms with Gasteiger partial charge in [-0.1, -0.05) is 0 Å². The Labute approximate surface area is 126 Å². The van der Waals surface area contributed by atoms with E-state index in [1.165, 1.54) is 18.2 Å². The number of ether oxygens (including phenoxy) is 3. The van der Waals surface area contributed by atoms with E-state index in [9.17, 15) is 13.2 Å². The smallest absolute Gasteiger partial charge is 0.317 e. The number of hydrogen-bond acceptors (Lipinski definition) is 6. The third kappa shape index (κ3) is 3.00. The first-order valence-corrected chi connectivity index (χ1v) is 8.76. The van der Waals surface area contributed by atoms with Crippen molar-refractivity contribution < 1.29 is 27.4 Å². The van der Waals surface area contributed by atoms with Crippen LogP contribution in [0.2, 0.25) is 0 Å². The van der Waals surface area contributed by atoms with Crippen LogP contribution >= 0.6 is 10.7 Å². The minimum Gasteiger partial charge on any atom is -0.492 e.